The molecule has 84 valence electrons. The Bertz CT molecular complexity index is 318. The molecule has 0 fully saturated rings. The second-order valence-corrected chi connectivity index (χ2v) is 5.24. The summed E-state index contributed by atoms with van der Waals surface area (Å²) >= 11 is 0. The molecule has 15 heavy (non-hydrogen) atoms. The summed E-state index contributed by atoms with van der Waals surface area (Å²) in [4.78, 5) is 0. The van der Waals surface area contributed by atoms with Crippen molar-refractivity contribution in [3.63, 3.8) is 0 Å². The maximum Gasteiger partial charge on any atom is 0.146 e. The Morgan fingerprint density at radius 1 is 1.13 bits per heavy atom. The molecule has 0 N–H and O–H groups in total. The zero-order valence-electron chi connectivity index (χ0n) is 10.5. The molecule has 0 aliphatic rings. The third-order valence-corrected chi connectivity index (χ3v) is 3.02. The Morgan fingerprint density at radius 2 is 1.80 bits per heavy atom. The lowest BCUT2D eigenvalue weighted by Crippen LogP contribution is -2.04. The molecule has 1 aromatic rings. The number of rotatable bonds is 4. The van der Waals surface area contributed by atoms with E-state index in [0.717, 1.165) is 17.1 Å². The molecular weight excluding hydrogens is 200 g/mol. The van der Waals surface area contributed by atoms with Gasteiger partial charge in [-0.1, -0.05) is 45.9 Å². The number of benzene rings is 1. The molecule has 0 unspecified atom stereocenters. The van der Waals surface area contributed by atoms with Crippen LogP contribution in [0.5, 0.6) is 0 Å². The summed E-state index contributed by atoms with van der Waals surface area (Å²) in [7, 11) is 0.812. The molecule has 0 saturated carbocycles. The van der Waals surface area contributed by atoms with Gasteiger partial charge < -0.3 is 4.43 Å². The molecule has 0 aliphatic heterocycles. The fraction of sp³-hybridized carbons (Fsp3) is 0.538. The quantitative estimate of drug-likeness (QED) is 0.712. The predicted molar refractivity (Wildman–Crippen MR) is 69.3 cm³/mol. The largest absolute Gasteiger partial charge is 0.424 e. The van der Waals surface area contributed by atoms with Crippen LogP contribution in [0.15, 0.2) is 18.2 Å². The summed E-state index contributed by atoms with van der Waals surface area (Å²) in [6.07, 6.45) is 0. The Labute approximate surface area is 96.4 Å². The van der Waals surface area contributed by atoms with E-state index < -0.39 is 0 Å². The van der Waals surface area contributed by atoms with Crippen LogP contribution < -0.4 is 0 Å². The van der Waals surface area contributed by atoms with Crippen molar-refractivity contribution < 1.29 is 4.43 Å². The van der Waals surface area contributed by atoms with E-state index in [-0.39, 0.29) is 0 Å². The average Bonchev–Trinajstić information content (AvgIpc) is 2.17. The summed E-state index contributed by atoms with van der Waals surface area (Å²) in [5.41, 5.74) is 4.33. The zero-order chi connectivity index (χ0) is 11.4. The fourth-order valence-corrected chi connectivity index (χ4v) is 2.43. The van der Waals surface area contributed by atoms with Crippen LogP contribution in [0.3, 0.4) is 0 Å². The maximum atomic E-state index is 5.39. The van der Waals surface area contributed by atoms with Crippen LogP contribution in [0.4, 0.5) is 0 Å². The molecule has 0 aliphatic carbocycles. The Hall–Kier alpha value is -0.603. The molecule has 0 radical (unpaired) electrons. The molecule has 1 nitrogen and oxygen atoms in total. The van der Waals surface area contributed by atoms with Crippen molar-refractivity contribution in [1.82, 2.24) is 0 Å². The van der Waals surface area contributed by atoms with Gasteiger partial charge in [0.2, 0.25) is 0 Å². The van der Waals surface area contributed by atoms with E-state index in [1.165, 1.54) is 16.7 Å². The zero-order valence-corrected chi connectivity index (χ0v) is 12.5. The molecule has 2 heteroatoms. The molecule has 1 aromatic carbocycles. The number of hydrogen-bond acceptors (Lipinski definition) is 1. The Balaban J connectivity index is 3.22. The Kier molecular flexibility index (Phi) is 4.55. The fourth-order valence-electron chi connectivity index (χ4n) is 2.12. The summed E-state index contributed by atoms with van der Waals surface area (Å²) in [5, 5.41) is 0. The monoisotopic (exact) mass is 222 g/mol. The van der Waals surface area contributed by atoms with Crippen LogP contribution >= 0.6 is 0 Å². The highest BCUT2D eigenvalue weighted by Gasteiger charge is 2.13. The van der Waals surface area contributed by atoms with Gasteiger partial charge in [-0.2, -0.15) is 0 Å². The van der Waals surface area contributed by atoms with Crippen LogP contribution in [0.25, 0.3) is 0 Å². The van der Waals surface area contributed by atoms with Crippen LogP contribution in [-0.4, -0.2) is 10.5 Å². The second-order valence-electron chi connectivity index (χ2n) is 4.66. The third-order valence-electron chi connectivity index (χ3n) is 2.73. The van der Waals surface area contributed by atoms with Crippen molar-refractivity contribution in [2.75, 3.05) is 0 Å². The average molecular weight is 222 g/mol. The van der Waals surface area contributed by atoms with Gasteiger partial charge in [-0.25, -0.2) is 0 Å². The second kappa shape index (κ2) is 5.47. The Morgan fingerprint density at radius 3 is 2.27 bits per heavy atom. The van der Waals surface area contributed by atoms with Crippen molar-refractivity contribution >= 4 is 10.5 Å². The van der Waals surface area contributed by atoms with Crippen LogP contribution in [0, 0.1) is 0 Å². The molecule has 0 saturated heterocycles. The van der Waals surface area contributed by atoms with Gasteiger partial charge in [0, 0.05) is 0 Å². The molecule has 0 spiro atoms. The van der Waals surface area contributed by atoms with Crippen molar-refractivity contribution in [1.29, 1.82) is 0 Å². The van der Waals surface area contributed by atoms with Gasteiger partial charge in [-0.15, -0.1) is 0 Å². The lowest BCUT2D eigenvalue weighted by atomic mass is 9.87. The molecule has 0 bridgehead atoms. The van der Waals surface area contributed by atoms with Gasteiger partial charge in [0.1, 0.15) is 10.5 Å². The van der Waals surface area contributed by atoms with Crippen molar-refractivity contribution in [2.45, 2.75) is 46.1 Å². The summed E-state index contributed by atoms with van der Waals surface area (Å²) in [6, 6.07) is 6.59. The SMILES string of the molecule is CC(C)c1cccc(CO[SiH3])c1C(C)C. The van der Waals surface area contributed by atoms with Crippen molar-refractivity contribution in [3.05, 3.63) is 34.9 Å². The highest BCUT2D eigenvalue weighted by Crippen LogP contribution is 2.29. The van der Waals surface area contributed by atoms with E-state index >= 15 is 0 Å². The van der Waals surface area contributed by atoms with Gasteiger partial charge in [0.05, 0.1) is 6.61 Å². The molecule has 1 rings (SSSR count). The summed E-state index contributed by atoms with van der Waals surface area (Å²) in [5.74, 6) is 1.17. The smallest absolute Gasteiger partial charge is 0.146 e. The molecular formula is C13H22OSi. The normalized spacial score (nSPS) is 11.6. The molecule has 0 atom stereocenters. The summed E-state index contributed by atoms with van der Waals surface area (Å²) < 4.78 is 5.39. The van der Waals surface area contributed by atoms with E-state index in [1.807, 2.05) is 0 Å². The minimum absolute atomic E-state index is 0.579. The summed E-state index contributed by atoms with van der Waals surface area (Å²) in [6.45, 7) is 9.81. The molecule has 0 aromatic heterocycles. The highest BCUT2D eigenvalue weighted by molar-refractivity contribution is 5.97. The van der Waals surface area contributed by atoms with E-state index in [0.29, 0.717) is 11.8 Å². The van der Waals surface area contributed by atoms with Gasteiger partial charge in [0.15, 0.2) is 0 Å². The van der Waals surface area contributed by atoms with Crippen molar-refractivity contribution in [3.8, 4) is 0 Å². The van der Waals surface area contributed by atoms with Gasteiger partial charge >= 0.3 is 0 Å². The van der Waals surface area contributed by atoms with Gasteiger partial charge in [-0.05, 0) is 28.5 Å². The molecule has 0 heterocycles. The van der Waals surface area contributed by atoms with Gasteiger partial charge in [-0.3, -0.25) is 0 Å². The van der Waals surface area contributed by atoms with Gasteiger partial charge in [0.25, 0.3) is 0 Å². The van der Waals surface area contributed by atoms with E-state index in [9.17, 15) is 0 Å². The first-order valence-corrected chi connectivity index (χ1v) is 6.50. The first-order valence-electron chi connectivity index (χ1n) is 5.68. The van der Waals surface area contributed by atoms with E-state index in [4.69, 9.17) is 4.43 Å². The van der Waals surface area contributed by atoms with Crippen LogP contribution in [0.1, 0.15) is 56.2 Å². The highest BCUT2D eigenvalue weighted by atomic mass is 28.2. The topological polar surface area (TPSA) is 9.23 Å². The lowest BCUT2D eigenvalue weighted by Gasteiger charge is -2.20. The first-order chi connectivity index (χ1) is 7.07. The lowest BCUT2D eigenvalue weighted by molar-refractivity contribution is 0.336. The third kappa shape index (κ3) is 2.92. The minimum Gasteiger partial charge on any atom is -0.424 e. The van der Waals surface area contributed by atoms with Crippen LogP contribution in [-0.2, 0) is 11.0 Å². The standard InChI is InChI=1S/C13H22OSi/c1-9(2)12-7-5-6-11(8-14-15)13(12)10(3)4/h5-7,9-10H,8H2,1-4,15H3. The first kappa shape index (κ1) is 12.5. The predicted octanol–water partition coefficient (Wildman–Crippen LogP) is 2.73. The van der Waals surface area contributed by atoms with Crippen molar-refractivity contribution in [2.24, 2.45) is 0 Å². The maximum absolute atomic E-state index is 5.39. The number of hydrogen-bond donors (Lipinski definition) is 0. The molecule has 0 amide bonds. The van der Waals surface area contributed by atoms with E-state index in [1.54, 1.807) is 0 Å². The van der Waals surface area contributed by atoms with E-state index in [2.05, 4.69) is 45.9 Å². The van der Waals surface area contributed by atoms with Crippen LogP contribution in [0.2, 0.25) is 0 Å². The minimum atomic E-state index is 0.579.